The van der Waals surface area contributed by atoms with E-state index < -0.39 is 5.60 Å². The van der Waals surface area contributed by atoms with Crippen molar-refractivity contribution in [3.8, 4) is 5.75 Å². The van der Waals surface area contributed by atoms with Crippen molar-refractivity contribution in [3.05, 3.63) is 27.8 Å². The van der Waals surface area contributed by atoms with Gasteiger partial charge in [-0.2, -0.15) is 0 Å². The predicted octanol–water partition coefficient (Wildman–Crippen LogP) is 4.70. The van der Waals surface area contributed by atoms with Gasteiger partial charge in [-0.3, -0.25) is 0 Å². The first kappa shape index (κ1) is 19.1. The molecule has 0 aromatic heterocycles. The fourth-order valence-corrected chi connectivity index (χ4v) is 2.34. The molecule has 22 heavy (non-hydrogen) atoms. The van der Waals surface area contributed by atoms with Crippen LogP contribution in [0.25, 0.3) is 0 Å². The lowest BCUT2D eigenvalue weighted by Gasteiger charge is -2.34. The Hall–Kier alpha value is -0.980. The maximum Gasteiger partial charge on any atom is 0.410 e. The topological polar surface area (TPSA) is 38.8 Å². The summed E-state index contributed by atoms with van der Waals surface area (Å²) in [6.07, 6.45) is -0.437. The Kier molecular flexibility index (Phi) is 6.97. The maximum absolute atomic E-state index is 12.3. The third-order valence-electron chi connectivity index (χ3n) is 3.28. The Morgan fingerprint density at radius 3 is 2.23 bits per heavy atom. The molecule has 1 amide bonds. The van der Waals surface area contributed by atoms with Crippen LogP contribution < -0.4 is 4.74 Å². The van der Waals surface area contributed by atoms with Crippen molar-refractivity contribution in [1.82, 2.24) is 4.90 Å². The third kappa shape index (κ3) is 6.02. The highest BCUT2D eigenvalue weighted by molar-refractivity contribution is 14.1. The van der Waals surface area contributed by atoms with Crippen LogP contribution in [-0.4, -0.2) is 35.3 Å². The van der Waals surface area contributed by atoms with Crippen molar-refractivity contribution < 1.29 is 14.3 Å². The molecule has 0 bridgehead atoms. The number of carbonyl (C=O) groups excluding carboxylic acids is 1. The molecule has 0 saturated heterocycles. The van der Waals surface area contributed by atoms with E-state index in [1.807, 2.05) is 65.8 Å². The van der Waals surface area contributed by atoms with Crippen molar-refractivity contribution in [2.45, 2.75) is 59.3 Å². The summed E-state index contributed by atoms with van der Waals surface area (Å²) in [6, 6.07) is 7.79. The second-order valence-corrected chi connectivity index (χ2v) is 7.53. The lowest BCUT2D eigenvalue weighted by atomic mass is 10.1. The van der Waals surface area contributed by atoms with Crippen molar-refractivity contribution in [2.24, 2.45) is 0 Å². The summed E-state index contributed by atoms with van der Waals surface area (Å²) >= 11 is 2.26. The first-order valence-electron chi connectivity index (χ1n) is 7.56. The lowest BCUT2D eigenvalue weighted by molar-refractivity contribution is 0.00574. The summed E-state index contributed by atoms with van der Waals surface area (Å²) in [7, 11) is 0. The van der Waals surface area contributed by atoms with Gasteiger partial charge < -0.3 is 14.4 Å². The van der Waals surface area contributed by atoms with Gasteiger partial charge in [-0.15, -0.1) is 0 Å². The van der Waals surface area contributed by atoms with Gasteiger partial charge in [0.1, 0.15) is 17.5 Å². The van der Waals surface area contributed by atoms with Crippen LogP contribution in [-0.2, 0) is 4.74 Å². The summed E-state index contributed by atoms with van der Waals surface area (Å²) in [5.74, 6) is 0.806. The van der Waals surface area contributed by atoms with Crippen molar-refractivity contribution >= 4 is 28.7 Å². The number of carbonyl (C=O) groups is 1. The highest BCUT2D eigenvalue weighted by Gasteiger charge is 2.28. The molecule has 0 aliphatic carbocycles. The van der Waals surface area contributed by atoms with E-state index in [4.69, 9.17) is 9.47 Å². The van der Waals surface area contributed by atoms with Crippen molar-refractivity contribution in [2.75, 3.05) is 6.54 Å². The average molecular weight is 419 g/mol. The smallest absolute Gasteiger partial charge is 0.410 e. The van der Waals surface area contributed by atoms with Crippen molar-refractivity contribution in [1.29, 1.82) is 0 Å². The van der Waals surface area contributed by atoms with E-state index in [1.165, 1.54) is 0 Å². The molecular formula is C17H26INO3. The number of benzene rings is 1. The van der Waals surface area contributed by atoms with E-state index in [9.17, 15) is 4.79 Å². The van der Waals surface area contributed by atoms with Gasteiger partial charge in [-0.05, 0) is 88.4 Å². The minimum Gasteiger partial charge on any atom is -0.489 e. The molecule has 0 fully saturated rings. The van der Waals surface area contributed by atoms with Gasteiger partial charge in [0, 0.05) is 10.1 Å². The fourth-order valence-electron chi connectivity index (χ4n) is 1.98. The molecule has 0 spiro atoms. The standard InChI is InChI=1S/C17H26INO3/c1-7-19(16(20)22-17(4,5)6)12(2)13(3)21-15-10-8-14(18)9-11-15/h8-13H,7H2,1-6H3. The minimum atomic E-state index is -0.496. The van der Waals surface area contributed by atoms with Crippen LogP contribution in [0.15, 0.2) is 24.3 Å². The van der Waals surface area contributed by atoms with Gasteiger partial charge in [-0.1, -0.05) is 0 Å². The Labute approximate surface area is 147 Å². The number of halogens is 1. The molecule has 0 N–H and O–H groups in total. The molecule has 0 aliphatic heterocycles. The molecule has 124 valence electrons. The molecule has 2 atom stereocenters. The predicted molar refractivity (Wildman–Crippen MR) is 97.3 cm³/mol. The minimum absolute atomic E-state index is 0.0841. The second-order valence-electron chi connectivity index (χ2n) is 6.28. The molecule has 5 heteroatoms. The Balaban J connectivity index is 2.71. The van der Waals surface area contributed by atoms with E-state index >= 15 is 0 Å². The van der Waals surface area contributed by atoms with E-state index in [0.29, 0.717) is 6.54 Å². The van der Waals surface area contributed by atoms with Crippen LogP contribution in [0, 0.1) is 3.57 Å². The summed E-state index contributed by atoms with van der Waals surface area (Å²) in [5.41, 5.74) is -0.496. The number of ether oxygens (including phenoxy) is 2. The zero-order valence-corrected chi connectivity index (χ0v) is 16.4. The molecule has 0 saturated carbocycles. The normalized spacial score (nSPS) is 14.1. The largest absolute Gasteiger partial charge is 0.489 e. The number of rotatable bonds is 5. The lowest BCUT2D eigenvalue weighted by Crippen LogP contribution is -2.48. The summed E-state index contributed by atoms with van der Waals surface area (Å²) in [5, 5.41) is 0. The van der Waals surface area contributed by atoms with Gasteiger partial charge in [0.05, 0.1) is 6.04 Å². The third-order valence-corrected chi connectivity index (χ3v) is 3.99. The molecular weight excluding hydrogens is 393 g/mol. The average Bonchev–Trinajstić information content (AvgIpc) is 2.40. The Morgan fingerprint density at radius 1 is 1.23 bits per heavy atom. The van der Waals surface area contributed by atoms with Gasteiger partial charge >= 0.3 is 6.09 Å². The number of likely N-dealkylation sites (N-methyl/N-ethyl adjacent to an activating group) is 1. The second kappa shape index (κ2) is 8.04. The number of hydrogen-bond acceptors (Lipinski definition) is 3. The van der Waals surface area contributed by atoms with Crippen LogP contribution in [0.1, 0.15) is 41.5 Å². The SMILES string of the molecule is CCN(C(=O)OC(C)(C)C)C(C)C(C)Oc1ccc(I)cc1. The summed E-state index contributed by atoms with van der Waals surface area (Å²) in [4.78, 5) is 14.0. The van der Waals surface area contributed by atoms with Crippen LogP contribution in [0.3, 0.4) is 0 Å². The molecule has 1 aromatic carbocycles. The Bertz CT molecular complexity index is 482. The molecule has 1 aromatic rings. The highest BCUT2D eigenvalue weighted by atomic mass is 127. The maximum atomic E-state index is 12.3. The Morgan fingerprint density at radius 2 is 1.77 bits per heavy atom. The molecule has 2 unspecified atom stereocenters. The summed E-state index contributed by atoms with van der Waals surface area (Å²) in [6.45, 7) is 12.1. The van der Waals surface area contributed by atoms with Crippen LogP contribution >= 0.6 is 22.6 Å². The molecule has 0 aliphatic rings. The highest BCUT2D eigenvalue weighted by Crippen LogP contribution is 2.19. The van der Waals surface area contributed by atoms with Gasteiger partial charge in [0.2, 0.25) is 0 Å². The van der Waals surface area contributed by atoms with Gasteiger partial charge in [0.25, 0.3) is 0 Å². The number of nitrogens with zero attached hydrogens (tertiary/aromatic N) is 1. The molecule has 4 nitrogen and oxygen atoms in total. The quantitative estimate of drug-likeness (QED) is 0.650. The van der Waals surface area contributed by atoms with E-state index in [0.717, 1.165) is 9.32 Å². The zero-order valence-electron chi connectivity index (χ0n) is 14.2. The first-order valence-corrected chi connectivity index (χ1v) is 8.63. The first-order chi connectivity index (χ1) is 10.1. The zero-order chi connectivity index (χ0) is 16.9. The van der Waals surface area contributed by atoms with Crippen LogP contribution in [0.5, 0.6) is 5.75 Å². The van der Waals surface area contributed by atoms with Gasteiger partial charge in [0.15, 0.2) is 0 Å². The van der Waals surface area contributed by atoms with Crippen LogP contribution in [0.4, 0.5) is 4.79 Å². The van der Waals surface area contributed by atoms with E-state index in [2.05, 4.69) is 22.6 Å². The van der Waals surface area contributed by atoms with Crippen LogP contribution in [0.2, 0.25) is 0 Å². The fraction of sp³-hybridized carbons (Fsp3) is 0.588. The van der Waals surface area contributed by atoms with E-state index in [1.54, 1.807) is 4.90 Å². The van der Waals surface area contributed by atoms with E-state index in [-0.39, 0.29) is 18.2 Å². The molecule has 0 radical (unpaired) electrons. The van der Waals surface area contributed by atoms with Gasteiger partial charge in [-0.25, -0.2) is 4.79 Å². The number of hydrogen-bond donors (Lipinski definition) is 0. The monoisotopic (exact) mass is 419 g/mol. The molecule has 0 heterocycles. The molecule has 1 rings (SSSR count). The van der Waals surface area contributed by atoms with Crippen molar-refractivity contribution in [3.63, 3.8) is 0 Å². The number of amides is 1. The summed E-state index contributed by atoms with van der Waals surface area (Å²) < 4.78 is 12.6.